The number of hydrogen-bond donors (Lipinski definition) is 2. The van der Waals surface area contributed by atoms with Crippen LogP contribution in [0.3, 0.4) is 0 Å². The minimum absolute atomic E-state index is 0.134. The van der Waals surface area contributed by atoms with Crippen LogP contribution in [-0.2, 0) is 0 Å². The number of benzene rings is 1. The molecule has 3 N–H and O–H groups in total. The lowest BCUT2D eigenvalue weighted by atomic mass is 10.0. The van der Waals surface area contributed by atoms with Gasteiger partial charge in [0.1, 0.15) is 18.1 Å². The van der Waals surface area contributed by atoms with Crippen molar-refractivity contribution in [1.29, 1.82) is 0 Å². The Morgan fingerprint density at radius 2 is 1.97 bits per heavy atom. The minimum Gasteiger partial charge on any atom is -0.491 e. The molecule has 2 atom stereocenters. The molecule has 5 rings (SSSR count). The Kier molecular flexibility index (Phi) is 5.55. The maximum Gasteiger partial charge on any atom is 0.187 e. The van der Waals surface area contributed by atoms with Gasteiger partial charge in [-0.15, -0.1) is 10.2 Å². The molecule has 0 unspecified atom stereocenters. The smallest absolute Gasteiger partial charge is 0.187 e. The molecule has 1 aromatic carbocycles. The molecule has 4 aromatic rings. The van der Waals surface area contributed by atoms with Crippen LogP contribution in [0.2, 0.25) is 0 Å². The van der Waals surface area contributed by atoms with E-state index in [0.29, 0.717) is 11.6 Å². The predicted octanol–water partition coefficient (Wildman–Crippen LogP) is 3.58. The maximum atomic E-state index is 9.95. The van der Waals surface area contributed by atoms with Gasteiger partial charge in [-0.2, -0.15) is 0 Å². The molecular weight excluding hydrogens is 428 g/mol. The third-order valence-corrected chi connectivity index (χ3v) is 6.47. The van der Waals surface area contributed by atoms with Crippen LogP contribution in [0.1, 0.15) is 45.7 Å². The van der Waals surface area contributed by atoms with Gasteiger partial charge in [-0.25, -0.2) is 4.98 Å². The summed E-state index contributed by atoms with van der Waals surface area (Å²) in [6, 6.07) is 14.1. The van der Waals surface area contributed by atoms with Crippen LogP contribution < -0.4 is 10.5 Å². The molecule has 4 heterocycles. The highest BCUT2D eigenvalue weighted by atomic mass is 16.5. The number of nitrogens with zero attached hydrogens (tertiary/aromatic N) is 5. The lowest BCUT2D eigenvalue weighted by molar-refractivity contribution is 0.0285. The number of aromatic nitrogens is 4. The average molecular weight is 461 g/mol. The fourth-order valence-electron chi connectivity index (χ4n) is 4.46. The molecule has 0 radical (unpaired) electrons. The zero-order chi connectivity index (χ0) is 24.1. The van der Waals surface area contributed by atoms with Gasteiger partial charge in [0.05, 0.1) is 11.1 Å². The molecular formula is C26H32N6O2. The highest BCUT2D eigenvalue weighted by Gasteiger charge is 2.32. The molecule has 34 heavy (non-hydrogen) atoms. The van der Waals surface area contributed by atoms with Gasteiger partial charge in [-0.1, -0.05) is 12.1 Å². The van der Waals surface area contributed by atoms with Crippen molar-refractivity contribution in [3.05, 3.63) is 54.2 Å². The van der Waals surface area contributed by atoms with Crippen LogP contribution in [-0.4, -0.2) is 60.4 Å². The number of nitrogens with two attached hydrogens (primary N) is 1. The highest BCUT2D eigenvalue weighted by molar-refractivity contribution is 5.82. The monoisotopic (exact) mass is 460 g/mol. The third kappa shape index (κ3) is 4.61. The third-order valence-electron chi connectivity index (χ3n) is 6.47. The number of pyridine rings is 2. The Balaban J connectivity index is 1.47. The van der Waals surface area contributed by atoms with E-state index in [1.165, 1.54) is 5.56 Å². The normalized spacial score (nSPS) is 20.3. The second-order valence-corrected chi connectivity index (χ2v) is 10.4. The summed E-state index contributed by atoms with van der Waals surface area (Å²) in [5.41, 5.74) is 8.82. The molecule has 0 bridgehead atoms. The van der Waals surface area contributed by atoms with Crippen molar-refractivity contribution in [3.63, 3.8) is 0 Å². The fourth-order valence-corrected chi connectivity index (χ4v) is 4.46. The minimum atomic E-state index is -0.905. The topological polar surface area (TPSA) is 102 Å². The van der Waals surface area contributed by atoms with Gasteiger partial charge in [-0.3, -0.25) is 9.30 Å². The molecule has 3 aromatic heterocycles. The van der Waals surface area contributed by atoms with Crippen LogP contribution in [0.15, 0.2) is 48.7 Å². The van der Waals surface area contributed by atoms with Gasteiger partial charge in [0.15, 0.2) is 11.5 Å². The largest absolute Gasteiger partial charge is 0.491 e. The summed E-state index contributed by atoms with van der Waals surface area (Å²) in [5, 5.41) is 19.7. The standard InChI is InChI=1S/C26H32N6O2/c1-17(31-12-11-26(4,27)15-31)19-7-10-23-29-30-24(32(23)14-19)21-9-6-18-5-8-20(13-22(18)28-21)34-16-25(2,3)33/h5-10,13-14,17,33H,11-12,15-16,27H2,1-4H3/t17-,26+/m1/s1. The number of hydrogen-bond acceptors (Lipinski definition) is 7. The van der Waals surface area contributed by atoms with E-state index in [1.54, 1.807) is 13.8 Å². The van der Waals surface area contributed by atoms with Crippen molar-refractivity contribution < 1.29 is 9.84 Å². The highest BCUT2D eigenvalue weighted by Crippen LogP contribution is 2.30. The molecule has 1 aliphatic heterocycles. The zero-order valence-electron chi connectivity index (χ0n) is 20.2. The number of rotatable bonds is 6. The molecule has 8 heteroatoms. The second kappa shape index (κ2) is 8.30. The summed E-state index contributed by atoms with van der Waals surface area (Å²) in [6.45, 7) is 9.84. The van der Waals surface area contributed by atoms with Crippen LogP contribution in [0.25, 0.3) is 28.1 Å². The molecule has 8 nitrogen and oxygen atoms in total. The molecule has 0 amide bonds. The van der Waals surface area contributed by atoms with Gasteiger partial charge in [0.25, 0.3) is 0 Å². The van der Waals surface area contributed by atoms with E-state index < -0.39 is 5.60 Å². The van der Waals surface area contributed by atoms with E-state index in [9.17, 15) is 5.11 Å². The Labute approximate surface area is 199 Å². The lowest BCUT2D eigenvalue weighted by Crippen LogP contribution is -2.39. The van der Waals surface area contributed by atoms with Gasteiger partial charge in [-0.05, 0) is 63.9 Å². The summed E-state index contributed by atoms with van der Waals surface area (Å²) >= 11 is 0. The molecule has 0 saturated carbocycles. The Morgan fingerprint density at radius 1 is 1.18 bits per heavy atom. The molecule has 1 fully saturated rings. The van der Waals surface area contributed by atoms with Crippen LogP contribution in [0, 0.1) is 0 Å². The quantitative estimate of drug-likeness (QED) is 0.453. The van der Waals surface area contributed by atoms with Crippen molar-refractivity contribution in [2.75, 3.05) is 19.7 Å². The van der Waals surface area contributed by atoms with Gasteiger partial charge in [0, 0.05) is 42.3 Å². The first-order chi connectivity index (χ1) is 16.1. The number of likely N-dealkylation sites (tertiary alicyclic amines) is 1. The van der Waals surface area contributed by atoms with Crippen LogP contribution in [0.5, 0.6) is 5.75 Å². The van der Waals surface area contributed by atoms with E-state index in [-0.39, 0.29) is 18.2 Å². The molecule has 1 saturated heterocycles. The predicted molar refractivity (Wildman–Crippen MR) is 133 cm³/mol. The van der Waals surface area contributed by atoms with Crippen LogP contribution >= 0.6 is 0 Å². The second-order valence-electron chi connectivity index (χ2n) is 10.4. The van der Waals surface area contributed by atoms with Crippen molar-refractivity contribution in [1.82, 2.24) is 24.5 Å². The van der Waals surface area contributed by atoms with Gasteiger partial charge < -0.3 is 15.6 Å². The Bertz CT molecular complexity index is 1340. The molecule has 1 aliphatic rings. The van der Waals surface area contributed by atoms with Crippen LogP contribution in [0.4, 0.5) is 0 Å². The summed E-state index contributed by atoms with van der Waals surface area (Å²) in [4.78, 5) is 7.28. The van der Waals surface area contributed by atoms with E-state index in [1.807, 2.05) is 40.8 Å². The fraction of sp³-hybridized carbons (Fsp3) is 0.423. The van der Waals surface area contributed by atoms with Crippen molar-refractivity contribution >= 4 is 16.6 Å². The zero-order valence-corrected chi connectivity index (χ0v) is 20.2. The molecule has 0 spiro atoms. The summed E-state index contributed by atoms with van der Waals surface area (Å²) in [6.07, 6.45) is 3.11. The maximum absolute atomic E-state index is 9.95. The number of aliphatic hydroxyl groups is 1. The van der Waals surface area contributed by atoms with E-state index in [2.05, 4.69) is 41.2 Å². The van der Waals surface area contributed by atoms with E-state index in [0.717, 1.165) is 41.8 Å². The lowest BCUT2D eigenvalue weighted by Gasteiger charge is -2.26. The summed E-state index contributed by atoms with van der Waals surface area (Å²) in [5.74, 6) is 1.36. The first-order valence-electron chi connectivity index (χ1n) is 11.7. The first kappa shape index (κ1) is 22.7. The van der Waals surface area contributed by atoms with Gasteiger partial charge >= 0.3 is 0 Å². The SMILES string of the molecule is C[C@H](c1ccc2nnc(-c3ccc4ccc(OCC(C)(C)O)cc4n3)n2c1)N1CC[C@](C)(N)C1. The van der Waals surface area contributed by atoms with Gasteiger partial charge in [0.2, 0.25) is 0 Å². The van der Waals surface area contributed by atoms with E-state index >= 15 is 0 Å². The van der Waals surface area contributed by atoms with Crippen molar-refractivity contribution in [2.45, 2.75) is 51.3 Å². The summed E-state index contributed by atoms with van der Waals surface area (Å²) < 4.78 is 7.75. The van der Waals surface area contributed by atoms with Crippen molar-refractivity contribution in [2.24, 2.45) is 5.73 Å². The molecule has 178 valence electrons. The Hall–Kier alpha value is -3.07. The van der Waals surface area contributed by atoms with E-state index in [4.69, 9.17) is 15.5 Å². The number of fused-ring (bicyclic) bond motifs is 2. The molecule has 0 aliphatic carbocycles. The van der Waals surface area contributed by atoms with Crippen molar-refractivity contribution in [3.8, 4) is 17.3 Å². The summed E-state index contributed by atoms with van der Waals surface area (Å²) in [7, 11) is 0. The number of ether oxygens (including phenoxy) is 1. The first-order valence-corrected chi connectivity index (χ1v) is 11.7. The average Bonchev–Trinajstić information content (AvgIpc) is 3.38. The Morgan fingerprint density at radius 3 is 2.71 bits per heavy atom.